The van der Waals surface area contributed by atoms with E-state index in [4.69, 9.17) is 0 Å². The van der Waals surface area contributed by atoms with Gasteiger partial charge in [-0.25, -0.2) is 4.98 Å². The zero-order chi connectivity index (χ0) is 18.6. The maximum atomic E-state index is 12.7. The Morgan fingerprint density at radius 3 is 2.58 bits per heavy atom. The Kier molecular flexibility index (Phi) is 5.65. The number of nitrogens with one attached hydrogen (secondary N) is 1. The number of aromatic nitrogens is 2. The van der Waals surface area contributed by atoms with Gasteiger partial charge < -0.3 is 10.2 Å². The van der Waals surface area contributed by atoms with Crippen LogP contribution < -0.4 is 10.2 Å². The number of halogens is 3. The van der Waals surface area contributed by atoms with Gasteiger partial charge in [0.15, 0.2) is 0 Å². The standard InChI is InChI=1S/C17H17F3N4OS/c18-17(19,20)26-14-4-2-1-3-13(14)23-16(25)12-5-9-24(10-6-12)15-11-21-7-8-22-15/h1-4,7-8,11-12H,5-6,9-10H2,(H,23,25). The van der Waals surface area contributed by atoms with Crippen LogP contribution in [0, 0.1) is 5.92 Å². The Balaban J connectivity index is 1.60. The molecular formula is C17H17F3N4OS. The van der Waals surface area contributed by atoms with Crippen LogP contribution in [0.25, 0.3) is 0 Å². The first-order valence-electron chi connectivity index (χ1n) is 8.09. The number of rotatable bonds is 4. The Labute approximate surface area is 153 Å². The molecule has 2 aromatic rings. The molecule has 26 heavy (non-hydrogen) atoms. The summed E-state index contributed by atoms with van der Waals surface area (Å²) in [5.41, 5.74) is -4.21. The van der Waals surface area contributed by atoms with E-state index in [0.717, 1.165) is 5.82 Å². The third-order valence-electron chi connectivity index (χ3n) is 4.11. The van der Waals surface area contributed by atoms with Gasteiger partial charge in [0, 0.05) is 36.3 Å². The summed E-state index contributed by atoms with van der Waals surface area (Å²) in [5, 5.41) is 2.65. The fraction of sp³-hybridized carbons (Fsp3) is 0.353. The van der Waals surface area contributed by atoms with Crippen LogP contribution in [-0.2, 0) is 4.79 Å². The quantitative estimate of drug-likeness (QED) is 0.812. The van der Waals surface area contributed by atoms with Crippen molar-refractivity contribution < 1.29 is 18.0 Å². The monoisotopic (exact) mass is 382 g/mol. The van der Waals surface area contributed by atoms with E-state index in [0.29, 0.717) is 25.9 Å². The molecule has 1 fully saturated rings. The van der Waals surface area contributed by atoms with Crippen LogP contribution >= 0.6 is 11.8 Å². The summed E-state index contributed by atoms with van der Waals surface area (Å²) < 4.78 is 38.0. The van der Waals surface area contributed by atoms with Gasteiger partial charge in [0.25, 0.3) is 0 Å². The highest BCUT2D eigenvalue weighted by Crippen LogP contribution is 2.40. The molecule has 2 heterocycles. The number of thioether (sulfide) groups is 1. The van der Waals surface area contributed by atoms with E-state index in [1.807, 2.05) is 4.90 Å². The maximum absolute atomic E-state index is 12.7. The summed E-state index contributed by atoms with van der Waals surface area (Å²) >= 11 is -0.224. The van der Waals surface area contributed by atoms with Gasteiger partial charge in [0.2, 0.25) is 5.91 Å². The van der Waals surface area contributed by atoms with Crippen LogP contribution in [0.5, 0.6) is 0 Å². The number of hydrogen-bond acceptors (Lipinski definition) is 5. The molecule has 0 spiro atoms. The number of nitrogens with zero attached hydrogens (tertiary/aromatic N) is 3. The van der Waals surface area contributed by atoms with Crippen LogP contribution in [0.15, 0.2) is 47.8 Å². The number of alkyl halides is 3. The van der Waals surface area contributed by atoms with Gasteiger partial charge in [-0.1, -0.05) is 12.1 Å². The Morgan fingerprint density at radius 2 is 1.92 bits per heavy atom. The molecule has 3 rings (SSSR count). The average molecular weight is 382 g/mol. The molecule has 0 bridgehead atoms. The second kappa shape index (κ2) is 7.94. The molecule has 138 valence electrons. The molecule has 0 radical (unpaired) electrons. The molecule has 1 aromatic heterocycles. The van der Waals surface area contributed by atoms with Crippen LogP contribution in [0.3, 0.4) is 0 Å². The normalized spacial score (nSPS) is 15.7. The average Bonchev–Trinajstić information content (AvgIpc) is 2.63. The van der Waals surface area contributed by atoms with Gasteiger partial charge in [-0.3, -0.25) is 9.78 Å². The van der Waals surface area contributed by atoms with Crippen molar-refractivity contribution in [2.45, 2.75) is 23.2 Å². The molecule has 0 aliphatic carbocycles. The molecular weight excluding hydrogens is 365 g/mol. The Hall–Kier alpha value is -2.29. The van der Waals surface area contributed by atoms with Gasteiger partial charge in [-0.2, -0.15) is 13.2 Å². The smallest absolute Gasteiger partial charge is 0.355 e. The third-order valence-corrected chi connectivity index (χ3v) is 4.92. The maximum Gasteiger partial charge on any atom is 0.446 e. The van der Waals surface area contributed by atoms with Crippen molar-refractivity contribution in [3.8, 4) is 0 Å². The molecule has 1 aromatic carbocycles. The second-order valence-electron chi connectivity index (χ2n) is 5.86. The van der Waals surface area contributed by atoms with Crippen LogP contribution in [-0.4, -0.2) is 34.5 Å². The third kappa shape index (κ3) is 4.87. The van der Waals surface area contributed by atoms with Crippen molar-refractivity contribution in [3.05, 3.63) is 42.9 Å². The van der Waals surface area contributed by atoms with Crippen molar-refractivity contribution in [1.29, 1.82) is 0 Å². The van der Waals surface area contributed by atoms with Gasteiger partial charge >= 0.3 is 5.51 Å². The number of benzene rings is 1. The van der Waals surface area contributed by atoms with E-state index in [1.54, 1.807) is 24.7 Å². The number of carbonyl (C=O) groups excluding carboxylic acids is 1. The Bertz CT molecular complexity index is 749. The van der Waals surface area contributed by atoms with Crippen LogP contribution in [0.4, 0.5) is 24.7 Å². The zero-order valence-corrected chi connectivity index (χ0v) is 14.6. The molecule has 1 amide bonds. The molecule has 1 saturated heterocycles. The lowest BCUT2D eigenvalue weighted by Gasteiger charge is -2.31. The highest BCUT2D eigenvalue weighted by Gasteiger charge is 2.31. The van der Waals surface area contributed by atoms with E-state index >= 15 is 0 Å². The number of amides is 1. The summed E-state index contributed by atoms with van der Waals surface area (Å²) in [6.45, 7) is 1.30. The van der Waals surface area contributed by atoms with Crippen molar-refractivity contribution >= 4 is 29.2 Å². The SMILES string of the molecule is O=C(Nc1ccccc1SC(F)(F)F)C1CCN(c2cnccn2)CC1. The van der Waals surface area contributed by atoms with E-state index in [2.05, 4.69) is 15.3 Å². The Morgan fingerprint density at radius 1 is 1.19 bits per heavy atom. The second-order valence-corrected chi connectivity index (χ2v) is 6.97. The van der Waals surface area contributed by atoms with Crippen molar-refractivity contribution in [2.75, 3.05) is 23.3 Å². The van der Waals surface area contributed by atoms with Gasteiger partial charge in [-0.15, -0.1) is 0 Å². The summed E-state index contributed by atoms with van der Waals surface area (Å²) in [6.07, 6.45) is 6.10. The van der Waals surface area contributed by atoms with Gasteiger partial charge in [-0.05, 0) is 36.7 Å². The van der Waals surface area contributed by atoms with Crippen LogP contribution in [0.2, 0.25) is 0 Å². The molecule has 1 aliphatic heterocycles. The van der Waals surface area contributed by atoms with E-state index in [1.165, 1.54) is 18.2 Å². The first-order valence-corrected chi connectivity index (χ1v) is 8.90. The minimum atomic E-state index is -4.40. The molecule has 9 heteroatoms. The predicted octanol–water partition coefficient (Wildman–Crippen LogP) is 3.94. The summed E-state index contributed by atoms with van der Waals surface area (Å²) in [7, 11) is 0. The van der Waals surface area contributed by atoms with Crippen molar-refractivity contribution in [2.24, 2.45) is 5.92 Å². The number of piperidine rings is 1. The molecule has 1 N–H and O–H groups in total. The van der Waals surface area contributed by atoms with Crippen molar-refractivity contribution in [1.82, 2.24) is 9.97 Å². The lowest BCUT2D eigenvalue weighted by molar-refractivity contribution is -0.120. The molecule has 0 unspecified atom stereocenters. The fourth-order valence-electron chi connectivity index (χ4n) is 2.84. The predicted molar refractivity (Wildman–Crippen MR) is 94.0 cm³/mol. The van der Waals surface area contributed by atoms with Gasteiger partial charge in [0.1, 0.15) is 5.82 Å². The van der Waals surface area contributed by atoms with E-state index < -0.39 is 5.51 Å². The first kappa shape index (κ1) is 18.5. The number of hydrogen-bond donors (Lipinski definition) is 1. The lowest BCUT2D eigenvalue weighted by Crippen LogP contribution is -2.38. The molecule has 0 atom stereocenters. The number of anilines is 2. The van der Waals surface area contributed by atoms with Crippen LogP contribution in [0.1, 0.15) is 12.8 Å². The van der Waals surface area contributed by atoms with E-state index in [9.17, 15) is 18.0 Å². The first-order chi connectivity index (χ1) is 12.4. The summed E-state index contributed by atoms with van der Waals surface area (Å²) in [6, 6.07) is 5.96. The number of para-hydroxylation sites is 1. The largest absolute Gasteiger partial charge is 0.446 e. The molecule has 0 saturated carbocycles. The minimum Gasteiger partial charge on any atom is -0.355 e. The highest BCUT2D eigenvalue weighted by molar-refractivity contribution is 8.00. The molecule has 5 nitrogen and oxygen atoms in total. The minimum absolute atomic E-state index is 0.00894. The summed E-state index contributed by atoms with van der Waals surface area (Å²) in [4.78, 5) is 22.8. The fourth-order valence-corrected chi connectivity index (χ4v) is 3.47. The topological polar surface area (TPSA) is 58.1 Å². The molecule has 1 aliphatic rings. The summed E-state index contributed by atoms with van der Waals surface area (Å²) in [5.74, 6) is 0.268. The van der Waals surface area contributed by atoms with Crippen molar-refractivity contribution in [3.63, 3.8) is 0 Å². The van der Waals surface area contributed by atoms with E-state index in [-0.39, 0.29) is 34.2 Å². The van der Waals surface area contributed by atoms with Gasteiger partial charge in [0.05, 0.1) is 11.9 Å². The lowest BCUT2D eigenvalue weighted by atomic mass is 9.96. The highest BCUT2D eigenvalue weighted by atomic mass is 32.2. The zero-order valence-electron chi connectivity index (χ0n) is 13.7. The number of carbonyl (C=O) groups is 1.